The Kier molecular flexibility index (Phi) is 4.19. The van der Waals surface area contributed by atoms with E-state index in [2.05, 4.69) is 12.2 Å². The molecule has 0 N–H and O–H groups in total. The summed E-state index contributed by atoms with van der Waals surface area (Å²) < 4.78 is 5.00. The minimum Gasteiger partial charge on any atom is -0.483 e. The van der Waals surface area contributed by atoms with Crippen molar-refractivity contribution in [3.05, 3.63) is 0 Å². The molecule has 3 heteroatoms. The maximum absolute atomic E-state index is 5.33. The lowest BCUT2D eigenvalue weighted by molar-refractivity contribution is 0.234. The maximum atomic E-state index is 5.33. The Hall–Kier alpha value is 0.180. The van der Waals surface area contributed by atoms with E-state index in [-0.39, 0.29) is 6.10 Å². The summed E-state index contributed by atoms with van der Waals surface area (Å²) >= 11 is 10.0. The van der Waals surface area contributed by atoms with Crippen LogP contribution in [-0.4, -0.2) is 17.0 Å². The van der Waals surface area contributed by atoms with Crippen molar-refractivity contribution in [3.63, 3.8) is 0 Å². The van der Waals surface area contributed by atoms with E-state index in [1.165, 1.54) is 0 Å². The van der Waals surface area contributed by atoms with Crippen molar-refractivity contribution in [2.75, 3.05) is 5.88 Å². The van der Waals surface area contributed by atoms with Crippen LogP contribution in [0.5, 0.6) is 0 Å². The second-order valence-electron chi connectivity index (χ2n) is 1.67. The first-order chi connectivity index (χ1) is 3.66. The summed E-state index contributed by atoms with van der Waals surface area (Å²) in [6.45, 7) is 3.83. The van der Waals surface area contributed by atoms with Crippen LogP contribution in [0.3, 0.4) is 0 Å². The van der Waals surface area contributed by atoms with Crippen molar-refractivity contribution in [1.29, 1.82) is 0 Å². The monoisotopic (exact) mass is 152 g/mol. The first-order valence-corrected chi connectivity index (χ1v) is 3.36. The number of rotatable bonds is 2. The van der Waals surface area contributed by atoms with Gasteiger partial charge in [-0.2, -0.15) is 0 Å². The molecule has 0 aliphatic carbocycles. The van der Waals surface area contributed by atoms with Gasteiger partial charge in [-0.3, -0.25) is 0 Å². The van der Waals surface area contributed by atoms with Crippen LogP contribution in [0, 0.1) is 0 Å². The lowest BCUT2D eigenvalue weighted by atomic mass is 10.5. The molecule has 0 aromatic heterocycles. The van der Waals surface area contributed by atoms with Gasteiger partial charge in [0.15, 0.2) is 5.05 Å². The molecule has 0 heterocycles. The Morgan fingerprint density at radius 1 is 1.75 bits per heavy atom. The number of thiocarbonyl (C=S) groups is 1. The third kappa shape index (κ3) is 4.34. The zero-order valence-electron chi connectivity index (χ0n) is 4.98. The minimum atomic E-state index is 0.154. The van der Waals surface area contributed by atoms with Crippen LogP contribution in [0.15, 0.2) is 0 Å². The molecular formula is C5H9ClOS. The van der Waals surface area contributed by atoms with Gasteiger partial charge in [0.2, 0.25) is 0 Å². The van der Waals surface area contributed by atoms with Gasteiger partial charge in [-0.15, -0.1) is 11.6 Å². The van der Waals surface area contributed by atoms with Gasteiger partial charge >= 0.3 is 0 Å². The van der Waals surface area contributed by atoms with Gasteiger partial charge in [-0.25, -0.2) is 0 Å². The molecule has 0 fully saturated rings. The number of halogens is 1. The second-order valence-corrected chi connectivity index (χ2v) is 2.39. The molecule has 0 aromatic rings. The molecule has 0 spiro atoms. The highest BCUT2D eigenvalue weighted by molar-refractivity contribution is 7.80. The van der Waals surface area contributed by atoms with Crippen LogP contribution in [0.25, 0.3) is 0 Å². The van der Waals surface area contributed by atoms with Gasteiger partial charge in [0.1, 0.15) is 0 Å². The topological polar surface area (TPSA) is 9.23 Å². The molecule has 48 valence electrons. The Labute approximate surface area is 60.0 Å². The fraction of sp³-hybridized carbons (Fsp3) is 0.800. The van der Waals surface area contributed by atoms with E-state index in [0.717, 1.165) is 0 Å². The van der Waals surface area contributed by atoms with Crippen molar-refractivity contribution < 1.29 is 4.74 Å². The molecule has 0 radical (unpaired) electrons. The Balaban J connectivity index is 3.25. The van der Waals surface area contributed by atoms with Crippen LogP contribution < -0.4 is 0 Å². The van der Waals surface area contributed by atoms with Crippen molar-refractivity contribution in [2.45, 2.75) is 20.0 Å². The number of ether oxygens (including phenoxy) is 1. The van der Waals surface area contributed by atoms with Gasteiger partial charge in [-0.05, 0) is 26.1 Å². The summed E-state index contributed by atoms with van der Waals surface area (Å²) in [5.74, 6) is 0.313. The van der Waals surface area contributed by atoms with Crippen LogP contribution >= 0.6 is 23.8 Å². The molecule has 0 unspecified atom stereocenters. The molecular weight excluding hydrogens is 144 g/mol. The van der Waals surface area contributed by atoms with Crippen LogP contribution in [0.1, 0.15) is 13.8 Å². The predicted molar refractivity (Wildman–Crippen MR) is 39.5 cm³/mol. The van der Waals surface area contributed by atoms with Gasteiger partial charge in [0.25, 0.3) is 0 Å². The molecule has 8 heavy (non-hydrogen) atoms. The molecule has 1 nitrogen and oxygen atoms in total. The average Bonchev–Trinajstić information content (AvgIpc) is 1.65. The van der Waals surface area contributed by atoms with E-state index in [1.54, 1.807) is 0 Å². The zero-order chi connectivity index (χ0) is 6.57. The summed E-state index contributed by atoms with van der Waals surface area (Å²) in [4.78, 5) is 0. The van der Waals surface area contributed by atoms with Crippen molar-refractivity contribution >= 4 is 28.9 Å². The molecule has 0 saturated carbocycles. The van der Waals surface area contributed by atoms with E-state index in [9.17, 15) is 0 Å². The summed E-state index contributed by atoms with van der Waals surface area (Å²) in [5.41, 5.74) is 0. The molecule has 0 aliphatic heterocycles. The first kappa shape index (κ1) is 8.18. The molecule has 0 amide bonds. The number of hydrogen-bond donors (Lipinski definition) is 0. The molecule has 0 atom stereocenters. The van der Waals surface area contributed by atoms with Crippen molar-refractivity contribution in [3.8, 4) is 0 Å². The smallest absolute Gasteiger partial charge is 0.174 e. The minimum absolute atomic E-state index is 0.154. The number of alkyl halides is 1. The van der Waals surface area contributed by atoms with E-state index in [4.69, 9.17) is 16.3 Å². The number of hydrogen-bond acceptors (Lipinski definition) is 2. The SMILES string of the molecule is CC(C)OC(=S)CCl. The lowest BCUT2D eigenvalue weighted by Gasteiger charge is -2.06. The van der Waals surface area contributed by atoms with Gasteiger partial charge < -0.3 is 4.74 Å². The Morgan fingerprint density at radius 3 is 2.38 bits per heavy atom. The zero-order valence-corrected chi connectivity index (χ0v) is 6.55. The molecule has 0 bridgehead atoms. The molecule has 0 aromatic carbocycles. The quantitative estimate of drug-likeness (QED) is 0.442. The van der Waals surface area contributed by atoms with Crippen LogP contribution in [0.4, 0.5) is 0 Å². The highest BCUT2D eigenvalue weighted by Gasteiger charge is 1.95. The first-order valence-electron chi connectivity index (χ1n) is 2.42. The summed E-state index contributed by atoms with van der Waals surface area (Å²) in [5, 5.41) is 0.474. The van der Waals surface area contributed by atoms with E-state index >= 15 is 0 Å². The average molecular weight is 153 g/mol. The van der Waals surface area contributed by atoms with Crippen molar-refractivity contribution in [2.24, 2.45) is 0 Å². The van der Waals surface area contributed by atoms with Crippen LogP contribution in [-0.2, 0) is 4.74 Å². The Bertz CT molecular complexity index is 82.5. The normalized spacial score (nSPS) is 9.50. The standard InChI is InChI=1S/C5H9ClOS/c1-4(2)7-5(8)3-6/h4H,3H2,1-2H3. The molecule has 0 saturated heterocycles. The van der Waals surface area contributed by atoms with Gasteiger partial charge in [0, 0.05) is 0 Å². The predicted octanol–water partition coefficient (Wildman–Crippen LogP) is 1.98. The lowest BCUT2D eigenvalue weighted by Crippen LogP contribution is -2.09. The molecule has 0 rings (SSSR count). The highest BCUT2D eigenvalue weighted by atomic mass is 35.5. The Morgan fingerprint density at radius 2 is 2.25 bits per heavy atom. The maximum Gasteiger partial charge on any atom is 0.174 e. The fourth-order valence-electron chi connectivity index (χ4n) is 0.294. The van der Waals surface area contributed by atoms with Gasteiger partial charge in [0.05, 0.1) is 12.0 Å². The molecule has 0 aliphatic rings. The third-order valence-corrected chi connectivity index (χ3v) is 1.12. The second kappa shape index (κ2) is 4.10. The van der Waals surface area contributed by atoms with Crippen molar-refractivity contribution in [1.82, 2.24) is 0 Å². The van der Waals surface area contributed by atoms with Gasteiger partial charge in [-0.1, -0.05) is 0 Å². The summed E-state index contributed by atoms with van der Waals surface area (Å²) in [6.07, 6.45) is 0.154. The van der Waals surface area contributed by atoms with E-state index < -0.39 is 0 Å². The van der Waals surface area contributed by atoms with Crippen LogP contribution in [0.2, 0.25) is 0 Å². The summed E-state index contributed by atoms with van der Waals surface area (Å²) in [7, 11) is 0. The highest BCUT2D eigenvalue weighted by Crippen LogP contribution is 1.92. The fourth-order valence-corrected chi connectivity index (χ4v) is 0.550. The third-order valence-electron chi connectivity index (χ3n) is 0.476. The van der Waals surface area contributed by atoms with E-state index in [0.29, 0.717) is 10.9 Å². The van der Waals surface area contributed by atoms with E-state index in [1.807, 2.05) is 13.8 Å². The summed E-state index contributed by atoms with van der Waals surface area (Å²) in [6, 6.07) is 0. The largest absolute Gasteiger partial charge is 0.483 e.